The summed E-state index contributed by atoms with van der Waals surface area (Å²) >= 11 is 5.95. The molecule has 0 spiro atoms. The molecule has 0 radical (unpaired) electrons. The van der Waals surface area contributed by atoms with E-state index in [1.54, 1.807) is 19.1 Å². The molecule has 4 nitrogen and oxygen atoms in total. The van der Waals surface area contributed by atoms with Crippen molar-refractivity contribution < 1.29 is 15.3 Å². The molecule has 1 heterocycles. The Morgan fingerprint density at radius 1 is 0.527 bits per heavy atom. The van der Waals surface area contributed by atoms with E-state index in [2.05, 4.69) is 227 Å². The van der Waals surface area contributed by atoms with Crippen LogP contribution in [0.4, 0.5) is 0 Å². The van der Waals surface area contributed by atoms with Gasteiger partial charge in [-0.15, -0.1) is 0 Å². The Morgan fingerprint density at radius 2 is 0.905 bits per heavy atom. The quantitative estimate of drug-likeness (QED) is 0.0983. The first kappa shape index (κ1) is 89.0. The van der Waals surface area contributed by atoms with Gasteiger partial charge < -0.3 is 20.3 Å². The maximum atomic E-state index is 8.99. The number of aromatic nitrogens is 1. The number of nitrogens with one attached hydrogen (secondary N) is 1. The molecule has 2 atom stereocenters. The molecule has 0 saturated carbocycles. The minimum Gasteiger partial charge on any atom is -0.508 e. The van der Waals surface area contributed by atoms with Crippen LogP contribution in [-0.4, -0.2) is 50.8 Å². The number of phenols is 1. The highest BCUT2D eigenvalue weighted by Gasteiger charge is 2.04. The number of aliphatic hydroxyl groups excluding tert-OH is 2. The lowest BCUT2D eigenvalue weighted by Gasteiger charge is -2.10. The molecule has 0 fully saturated rings. The van der Waals surface area contributed by atoms with Gasteiger partial charge in [-0.05, 0) is 157 Å². The van der Waals surface area contributed by atoms with Crippen LogP contribution < -0.4 is 0 Å². The van der Waals surface area contributed by atoms with Gasteiger partial charge in [0.05, 0.1) is 6.10 Å². The largest absolute Gasteiger partial charge is 0.508 e. The summed E-state index contributed by atoms with van der Waals surface area (Å²) in [5.41, 5.74) is 3.97. The summed E-state index contributed by atoms with van der Waals surface area (Å²) in [4.78, 5) is 3.29. The van der Waals surface area contributed by atoms with Gasteiger partial charge in [0.1, 0.15) is 5.75 Å². The van der Waals surface area contributed by atoms with Crippen molar-refractivity contribution in [3.05, 3.63) is 65.9 Å². The summed E-state index contributed by atoms with van der Waals surface area (Å²) < 4.78 is 0. The van der Waals surface area contributed by atoms with Gasteiger partial charge in [-0.1, -0.05) is 244 Å². The standard InChI is InChI=1S/C12H15N.C10H14O.2C7H16.C6H14S.C6H14.C5H12O.C4H10O.C4H10S.C4H10.C3H8/c1-9(2)7-10-8-13-12-6-4-3-5-11(10)12;1-8(2)7-9-3-5-10(11)6-4-9;1-6(2)5-7(3)4;1-5-7(4)6(2)3;1-6(2)4-5-7-3;1-5(2)6(3)4;1-4(2)5(3)6;2*1-4(2)3-5;1-4(2)3;1-3-2/h3-6,8-9,13H,7H2,1-2H3;3-6,8,11H,7H2,1-2H3;2*6-7H,5H2,1-4H3;6H,4-5H2,1-3H3;5-6H,1-4H3;4-6H,1-3H3;2*4-5H,3H2,1-2H3;4H,1-3H3;3H2,1-2H3. The maximum Gasteiger partial charge on any atom is 0.115 e. The van der Waals surface area contributed by atoms with Crippen molar-refractivity contribution in [2.24, 2.45) is 76.9 Å². The SMILES string of the molecule is CC(C)C.CC(C)C(C)C.CC(C)C(C)O.CC(C)CC(C)C.CC(C)CO.CC(C)CS.CC(C)Cc1c[nH]c2ccccc12.CC(C)Cc1ccc(O)cc1.CCC.CCC(C)C(C)C.CSCCC(C)C. The van der Waals surface area contributed by atoms with Gasteiger partial charge in [0.2, 0.25) is 0 Å². The van der Waals surface area contributed by atoms with Crippen LogP contribution in [-0.2, 0) is 12.8 Å². The van der Waals surface area contributed by atoms with Gasteiger partial charge in [0.25, 0.3) is 0 Å². The monoisotopic (exact) mass is 1080 g/mol. The Kier molecular flexibility index (Phi) is 74.9. The smallest absolute Gasteiger partial charge is 0.115 e. The summed E-state index contributed by atoms with van der Waals surface area (Å²) in [6.07, 6.45) is 11.7. The number of thioether (sulfide) groups is 1. The molecule has 3 rings (SSSR count). The van der Waals surface area contributed by atoms with E-state index in [1.165, 1.54) is 53.5 Å². The topological polar surface area (TPSA) is 76.5 Å². The first-order valence-corrected chi connectivity index (χ1v) is 31.7. The van der Waals surface area contributed by atoms with Crippen LogP contribution in [0.1, 0.15) is 245 Å². The predicted molar refractivity (Wildman–Crippen MR) is 353 cm³/mol. The van der Waals surface area contributed by atoms with Crippen LogP contribution in [0.25, 0.3) is 10.9 Å². The van der Waals surface area contributed by atoms with Gasteiger partial charge in [-0.2, -0.15) is 24.4 Å². The lowest BCUT2D eigenvalue weighted by Crippen LogP contribution is -2.07. The minimum absolute atomic E-state index is 0.148. The first-order valence-electron chi connectivity index (χ1n) is 29.7. The number of hydrogen-bond acceptors (Lipinski definition) is 5. The van der Waals surface area contributed by atoms with Crippen molar-refractivity contribution in [1.82, 2.24) is 4.98 Å². The second kappa shape index (κ2) is 62.2. The third-order valence-electron chi connectivity index (χ3n) is 10.5. The van der Waals surface area contributed by atoms with E-state index in [0.717, 1.165) is 77.8 Å². The molecule has 0 aliphatic rings. The van der Waals surface area contributed by atoms with Gasteiger partial charge in [0, 0.05) is 23.7 Å². The molecule has 1 aromatic heterocycles. The molecule has 4 N–H and O–H groups in total. The molecule has 0 aliphatic heterocycles. The number of thiol groups is 1. The summed E-state index contributed by atoms with van der Waals surface area (Å²) in [7, 11) is 0. The number of phenolic OH excluding ortho intramolecular Hbond substituents is 1. The van der Waals surface area contributed by atoms with E-state index in [1.807, 2.05) is 51.6 Å². The highest BCUT2D eigenvalue weighted by atomic mass is 32.2. The Balaban J connectivity index is -0.000000111. The first-order chi connectivity index (χ1) is 34.0. The number of aliphatic hydroxyl groups is 2. The van der Waals surface area contributed by atoms with E-state index in [9.17, 15) is 0 Å². The highest BCUT2D eigenvalue weighted by molar-refractivity contribution is 7.98. The van der Waals surface area contributed by atoms with Gasteiger partial charge >= 0.3 is 0 Å². The molecule has 0 amide bonds. The fourth-order valence-corrected chi connectivity index (χ4v) is 5.32. The Labute approximate surface area is 478 Å². The molecular formula is C68H139NO3S2. The molecule has 446 valence electrons. The predicted octanol–water partition coefficient (Wildman–Crippen LogP) is 22.3. The molecule has 2 unspecified atom stereocenters. The lowest BCUT2D eigenvalue weighted by atomic mass is 9.96. The molecule has 3 aromatic rings. The number of hydrogen-bond donors (Lipinski definition) is 5. The van der Waals surface area contributed by atoms with Gasteiger partial charge in [0.15, 0.2) is 0 Å². The zero-order valence-corrected chi connectivity index (χ0v) is 57.6. The van der Waals surface area contributed by atoms with Crippen molar-refractivity contribution in [3.63, 3.8) is 0 Å². The lowest BCUT2D eigenvalue weighted by molar-refractivity contribution is 0.144. The molecule has 74 heavy (non-hydrogen) atoms. The molecule has 0 saturated heterocycles. The van der Waals surface area contributed by atoms with E-state index in [-0.39, 0.29) is 6.10 Å². The number of fused-ring (bicyclic) bond motifs is 1. The Hall–Kier alpha value is -1.60. The van der Waals surface area contributed by atoms with Crippen LogP contribution in [0.15, 0.2) is 54.7 Å². The summed E-state index contributed by atoms with van der Waals surface area (Å²) in [5, 5.41) is 27.1. The molecule has 6 heteroatoms. The second-order valence-corrected chi connectivity index (χ2v) is 26.5. The summed E-state index contributed by atoms with van der Waals surface area (Å²) in [6, 6.07) is 15.9. The second-order valence-electron chi connectivity index (χ2n) is 25.1. The summed E-state index contributed by atoms with van der Waals surface area (Å²) in [6.45, 7) is 65.6. The van der Waals surface area contributed by atoms with Crippen LogP contribution in [0.5, 0.6) is 5.75 Å². The fourth-order valence-electron chi connectivity index (χ4n) is 4.61. The maximum absolute atomic E-state index is 8.99. The zero-order chi connectivity index (χ0) is 60.1. The third kappa shape index (κ3) is 87.1. The van der Waals surface area contributed by atoms with Crippen molar-refractivity contribution in [3.8, 4) is 5.75 Å². The number of para-hydroxylation sites is 1. The minimum atomic E-state index is -0.148. The number of aromatic hydroxyl groups is 1. The van der Waals surface area contributed by atoms with Crippen molar-refractivity contribution in [1.29, 1.82) is 0 Å². The summed E-state index contributed by atoms with van der Waals surface area (Å²) in [5.74, 6) is 12.6. The average Bonchev–Trinajstić information content (AvgIpc) is 3.69. The Morgan fingerprint density at radius 3 is 1.12 bits per heavy atom. The number of rotatable bonds is 15. The van der Waals surface area contributed by atoms with Crippen molar-refractivity contribution in [2.75, 3.05) is 24.4 Å². The van der Waals surface area contributed by atoms with Crippen LogP contribution in [0.2, 0.25) is 0 Å². The Bertz CT molecular complexity index is 1400. The number of benzene rings is 2. The van der Waals surface area contributed by atoms with Crippen LogP contribution in [0, 0.1) is 76.9 Å². The van der Waals surface area contributed by atoms with E-state index >= 15 is 0 Å². The molecule has 2 aromatic carbocycles. The molecular weight excluding hydrogens is 943 g/mol. The zero-order valence-electron chi connectivity index (χ0n) is 55.8. The van der Waals surface area contributed by atoms with Gasteiger partial charge in [-0.25, -0.2) is 0 Å². The number of H-pyrrole nitrogens is 1. The van der Waals surface area contributed by atoms with Crippen LogP contribution >= 0.6 is 24.4 Å². The highest BCUT2D eigenvalue weighted by Crippen LogP contribution is 2.20. The fraction of sp³-hybridized carbons (Fsp3) is 0.794. The van der Waals surface area contributed by atoms with E-state index < -0.39 is 0 Å². The van der Waals surface area contributed by atoms with Crippen molar-refractivity contribution in [2.45, 2.75) is 252 Å². The van der Waals surface area contributed by atoms with Gasteiger partial charge in [-0.3, -0.25) is 0 Å². The third-order valence-corrected chi connectivity index (χ3v) is 11.9. The normalized spacial score (nSPS) is 11.2. The van der Waals surface area contributed by atoms with E-state index in [0.29, 0.717) is 30.1 Å². The average molecular weight is 1080 g/mol. The molecule has 0 aliphatic carbocycles. The van der Waals surface area contributed by atoms with E-state index in [4.69, 9.17) is 15.3 Å². The van der Waals surface area contributed by atoms with Crippen LogP contribution in [0.3, 0.4) is 0 Å². The number of aromatic amines is 1. The van der Waals surface area contributed by atoms with Crippen molar-refractivity contribution >= 4 is 35.3 Å². The molecule has 0 bridgehead atoms.